The van der Waals surface area contributed by atoms with Crippen LogP contribution in [0.4, 0.5) is 0 Å². The number of halogens is 1. The predicted molar refractivity (Wildman–Crippen MR) is 70.5 cm³/mol. The van der Waals surface area contributed by atoms with Crippen LogP contribution in [0.25, 0.3) is 0 Å². The largest absolute Gasteiger partial charge is 0.385 e. The van der Waals surface area contributed by atoms with Crippen molar-refractivity contribution in [2.75, 3.05) is 27.3 Å². The van der Waals surface area contributed by atoms with Crippen molar-refractivity contribution < 1.29 is 13.2 Å². The van der Waals surface area contributed by atoms with E-state index < -0.39 is 10.0 Å². The second-order valence-corrected chi connectivity index (χ2v) is 6.47. The van der Waals surface area contributed by atoms with Gasteiger partial charge in [-0.15, -0.1) is 0 Å². The van der Waals surface area contributed by atoms with E-state index in [1.165, 1.54) is 4.31 Å². The SMILES string of the molecule is COCCCN(C)S(=O)(=O)c1ccccc1Br. The van der Waals surface area contributed by atoms with E-state index in [9.17, 15) is 8.42 Å². The Hall–Kier alpha value is -0.430. The molecule has 0 bridgehead atoms. The molecule has 4 nitrogen and oxygen atoms in total. The summed E-state index contributed by atoms with van der Waals surface area (Å²) >= 11 is 3.25. The molecule has 17 heavy (non-hydrogen) atoms. The van der Waals surface area contributed by atoms with Gasteiger partial charge >= 0.3 is 0 Å². The quantitative estimate of drug-likeness (QED) is 0.754. The van der Waals surface area contributed by atoms with Gasteiger partial charge in [0.05, 0.1) is 4.90 Å². The van der Waals surface area contributed by atoms with Crippen LogP contribution in [0.15, 0.2) is 33.6 Å². The van der Waals surface area contributed by atoms with Crippen LogP contribution in [-0.2, 0) is 14.8 Å². The molecular formula is C11H16BrNO3S. The molecule has 0 aromatic heterocycles. The zero-order valence-corrected chi connectivity index (χ0v) is 12.3. The number of benzene rings is 1. The maximum atomic E-state index is 12.2. The third kappa shape index (κ3) is 3.77. The summed E-state index contributed by atoms with van der Waals surface area (Å²) in [6, 6.07) is 6.80. The van der Waals surface area contributed by atoms with E-state index in [1.807, 2.05) is 0 Å². The first kappa shape index (κ1) is 14.6. The van der Waals surface area contributed by atoms with Crippen molar-refractivity contribution in [2.45, 2.75) is 11.3 Å². The lowest BCUT2D eigenvalue weighted by molar-refractivity contribution is 0.189. The van der Waals surface area contributed by atoms with Gasteiger partial charge in [0.25, 0.3) is 0 Å². The third-order valence-electron chi connectivity index (χ3n) is 2.35. The summed E-state index contributed by atoms with van der Waals surface area (Å²) in [7, 11) is -0.246. The number of ether oxygens (including phenoxy) is 1. The van der Waals surface area contributed by atoms with Gasteiger partial charge in [-0.1, -0.05) is 12.1 Å². The van der Waals surface area contributed by atoms with Crippen LogP contribution in [0, 0.1) is 0 Å². The lowest BCUT2D eigenvalue weighted by atomic mass is 10.4. The Labute approximate surface area is 111 Å². The maximum absolute atomic E-state index is 12.2. The molecule has 1 aromatic carbocycles. The third-order valence-corrected chi connectivity index (χ3v) is 5.22. The highest BCUT2D eigenvalue weighted by atomic mass is 79.9. The van der Waals surface area contributed by atoms with Crippen molar-refractivity contribution in [1.29, 1.82) is 0 Å². The summed E-state index contributed by atoms with van der Waals surface area (Å²) in [6.07, 6.45) is 0.677. The second-order valence-electron chi connectivity index (χ2n) is 3.60. The van der Waals surface area contributed by atoms with Gasteiger partial charge < -0.3 is 4.74 Å². The fourth-order valence-corrected chi connectivity index (χ4v) is 3.54. The number of rotatable bonds is 6. The van der Waals surface area contributed by atoms with Crippen molar-refractivity contribution in [1.82, 2.24) is 4.31 Å². The fourth-order valence-electron chi connectivity index (χ4n) is 1.37. The highest BCUT2D eigenvalue weighted by molar-refractivity contribution is 9.10. The Bertz CT molecular complexity index is 462. The molecule has 1 rings (SSSR count). The van der Waals surface area contributed by atoms with Gasteiger partial charge in [0.1, 0.15) is 0 Å². The monoisotopic (exact) mass is 321 g/mol. The van der Waals surface area contributed by atoms with E-state index >= 15 is 0 Å². The molecule has 96 valence electrons. The summed E-state index contributed by atoms with van der Waals surface area (Å²) in [4.78, 5) is 0.292. The molecule has 6 heteroatoms. The minimum atomic E-state index is -3.42. The molecule has 0 fully saturated rings. The first-order valence-corrected chi connectivity index (χ1v) is 7.43. The van der Waals surface area contributed by atoms with Gasteiger partial charge in [0, 0.05) is 31.8 Å². The molecule has 0 radical (unpaired) electrons. The first-order chi connectivity index (χ1) is 8.00. The number of hydrogen-bond donors (Lipinski definition) is 0. The summed E-state index contributed by atoms with van der Waals surface area (Å²) in [5.74, 6) is 0. The zero-order chi connectivity index (χ0) is 12.9. The number of methoxy groups -OCH3 is 1. The fraction of sp³-hybridized carbons (Fsp3) is 0.455. The lowest BCUT2D eigenvalue weighted by Gasteiger charge is -2.17. The first-order valence-electron chi connectivity index (χ1n) is 5.20. The van der Waals surface area contributed by atoms with E-state index in [-0.39, 0.29) is 0 Å². The summed E-state index contributed by atoms with van der Waals surface area (Å²) in [5, 5.41) is 0. The van der Waals surface area contributed by atoms with Crippen LogP contribution in [0.2, 0.25) is 0 Å². The van der Waals surface area contributed by atoms with Crippen molar-refractivity contribution >= 4 is 26.0 Å². The number of hydrogen-bond acceptors (Lipinski definition) is 3. The molecule has 0 aliphatic rings. The van der Waals surface area contributed by atoms with Gasteiger partial charge in [0.15, 0.2) is 0 Å². The maximum Gasteiger partial charge on any atom is 0.243 e. The Balaban J connectivity index is 2.85. The average Bonchev–Trinajstić information content (AvgIpc) is 2.29. The van der Waals surface area contributed by atoms with E-state index in [2.05, 4.69) is 15.9 Å². The molecule has 0 atom stereocenters. The molecule has 0 aliphatic carbocycles. The van der Waals surface area contributed by atoms with Gasteiger partial charge in [0.2, 0.25) is 10.0 Å². The topological polar surface area (TPSA) is 46.6 Å². The highest BCUT2D eigenvalue weighted by Gasteiger charge is 2.22. The van der Waals surface area contributed by atoms with Crippen molar-refractivity contribution in [3.63, 3.8) is 0 Å². The van der Waals surface area contributed by atoms with Crippen LogP contribution in [-0.4, -0.2) is 40.0 Å². The van der Waals surface area contributed by atoms with Gasteiger partial charge in [-0.25, -0.2) is 12.7 Å². The molecule has 0 unspecified atom stereocenters. The lowest BCUT2D eigenvalue weighted by Crippen LogP contribution is -2.28. The normalized spacial score (nSPS) is 12.0. The van der Waals surface area contributed by atoms with Crippen LogP contribution >= 0.6 is 15.9 Å². The van der Waals surface area contributed by atoms with E-state index in [4.69, 9.17) is 4.74 Å². The standard InChI is InChI=1S/C11H16BrNO3S/c1-13(8-5-9-16-2)17(14,15)11-7-4-3-6-10(11)12/h3-4,6-7H,5,8-9H2,1-2H3. The number of sulfonamides is 1. The van der Waals surface area contributed by atoms with Gasteiger partial charge in [-0.2, -0.15) is 0 Å². The summed E-state index contributed by atoms with van der Waals surface area (Å²) < 4.78 is 31.2. The smallest absolute Gasteiger partial charge is 0.243 e. The van der Waals surface area contributed by atoms with E-state index in [1.54, 1.807) is 38.4 Å². The Morgan fingerprint density at radius 1 is 1.35 bits per heavy atom. The Kier molecular flexibility index (Phi) is 5.58. The second kappa shape index (κ2) is 6.49. The van der Waals surface area contributed by atoms with Crippen LogP contribution in [0.3, 0.4) is 0 Å². The number of nitrogens with zero attached hydrogens (tertiary/aromatic N) is 1. The molecule has 0 aliphatic heterocycles. The van der Waals surface area contributed by atoms with Crippen LogP contribution in [0.5, 0.6) is 0 Å². The van der Waals surface area contributed by atoms with Crippen molar-refractivity contribution in [2.24, 2.45) is 0 Å². The zero-order valence-electron chi connectivity index (χ0n) is 9.89. The Morgan fingerprint density at radius 3 is 2.59 bits per heavy atom. The van der Waals surface area contributed by atoms with Crippen molar-refractivity contribution in [3.8, 4) is 0 Å². The van der Waals surface area contributed by atoms with Gasteiger partial charge in [-0.05, 0) is 34.5 Å². The van der Waals surface area contributed by atoms with E-state index in [0.717, 1.165) is 0 Å². The van der Waals surface area contributed by atoms with Gasteiger partial charge in [-0.3, -0.25) is 0 Å². The minimum Gasteiger partial charge on any atom is -0.385 e. The molecule has 0 saturated heterocycles. The summed E-state index contributed by atoms with van der Waals surface area (Å²) in [6.45, 7) is 0.993. The van der Waals surface area contributed by atoms with Crippen LogP contribution in [0.1, 0.15) is 6.42 Å². The molecule has 0 amide bonds. The molecule has 0 spiro atoms. The average molecular weight is 322 g/mol. The van der Waals surface area contributed by atoms with Crippen molar-refractivity contribution in [3.05, 3.63) is 28.7 Å². The highest BCUT2D eigenvalue weighted by Crippen LogP contribution is 2.23. The van der Waals surface area contributed by atoms with Crippen LogP contribution < -0.4 is 0 Å². The minimum absolute atomic E-state index is 0.292. The molecular weight excluding hydrogens is 306 g/mol. The predicted octanol–water partition coefficient (Wildman–Crippen LogP) is 2.11. The molecule has 1 aromatic rings. The Morgan fingerprint density at radius 2 is 2.00 bits per heavy atom. The molecule has 0 saturated carbocycles. The van der Waals surface area contributed by atoms with E-state index in [0.29, 0.717) is 28.9 Å². The molecule has 0 N–H and O–H groups in total. The molecule has 0 heterocycles. The summed E-state index contributed by atoms with van der Waals surface area (Å²) in [5.41, 5.74) is 0.